The Kier molecular flexibility index (Phi) is 3.17. The van der Waals surface area contributed by atoms with Crippen molar-refractivity contribution in [2.24, 2.45) is 0 Å². The molecule has 3 N–H and O–H groups in total. The van der Waals surface area contributed by atoms with Crippen LogP contribution in [0.2, 0.25) is 0 Å². The molecular formula is C13H17N5O2. The van der Waals surface area contributed by atoms with E-state index in [9.17, 15) is 4.79 Å². The quantitative estimate of drug-likeness (QED) is 0.791. The number of nitrogen functional groups attached to an aromatic ring is 1. The number of aromatic nitrogens is 2. The van der Waals surface area contributed by atoms with Crippen LogP contribution < -0.4 is 16.0 Å². The maximum atomic E-state index is 11.1. The second kappa shape index (κ2) is 4.99. The van der Waals surface area contributed by atoms with Crippen LogP contribution >= 0.6 is 0 Å². The number of carbonyl (C=O) groups excluding carboxylic acids is 1. The molecule has 7 heteroatoms. The molecule has 1 saturated heterocycles. The molecule has 0 atom stereocenters. The highest BCUT2D eigenvalue weighted by Gasteiger charge is 2.22. The zero-order chi connectivity index (χ0) is 14.1. The van der Waals surface area contributed by atoms with Crippen molar-refractivity contribution in [3.05, 3.63) is 12.1 Å². The van der Waals surface area contributed by atoms with Gasteiger partial charge in [-0.2, -0.15) is 0 Å². The molecule has 0 aliphatic carbocycles. The fourth-order valence-electron chi connectivity index (χ4n) is 2.68. The summed E-state index contributed by atoms with van der Waals surface area (Å²) in [6.07, 6.45) is 1.83. The molecule has 1 aromatic carbocycles. The van der Waals surface area contributed by atoms with Gasteiger partial charge in [-0.05, 0) is 35.3 Å². The molecule has 0 saturated carbocycles. The Bertz CT molecular complexity index is 631. The second-order valence-corrected chi connectivity index (χ2v) is 5.10. The van der Waals surface area contributed by atoms with Crippen molar-refractivity contribution >= 4 is 28.3 Å². The van der Waals surface area contributed by atoms with E-state index in [1.165, 1.54) is 0 Å². The van der Waals surface area contributed by atoms with Gasteiger partial charge in [0.05, 0.1) is 11.4 Å². The lowest BCUT2D eigenvalue weighted by molar-refractivity contribution is -0.119. The van der Waals surface area contributed by atoms with Gasteiger partial charge < -0.3 is 16.0 Å². The number of rotatable bonds is 2. The van der Waals surface area contributed by atoms with Crippen molar-refractivity contribution in [2.75, 3.05) is 23.7 Å². The molecule has 1 aromatic heterocycles. The largest absolute Gasteiger partial charge is 0.397 e. The van der Waals surface area contributed by atoms with Gasteiger partial charge in [0.1, 0.15) is 0 Å². The molecule has 0 spiro atoms. The van der Waals surface area contributed by atoms with E-state index in [0.717, 1.165) is 31.6 Å². The van der Waals surface area contributed by atoms with Gasteiger partial charge in [-0.25, -0.2) is 4.63 Å². The monoisotopic (exact) mass is 275 g/mol. The third-order valence-corrected chi connectivity index (χ3v) is 3.67. The summed E-state index contributed by atoms with van der Waals surface area (Å²) < 4.78 is 4.79. The number of fused-ring (bicyclic) bond motifs is 1. The Balaban J connectivity index is 1.78. The molecule has 0 radical (unpaired) electrons. The van der Waals surface area contributed by atoms with Gasteiger partial charge >= 0.3 is 0 Å². The van der Waals surface area contributed by atoms with E-state index in [-0.39, 0.29) is 11.9 Å². The van der Waals surface area contributed by atoms with Crippen LogP contribution in [0.5, 0.6) is 0 Å². The third-order valence-electron chi connectivity index (χ3n) is 3.67. The summed E-state index contributed by atoms with van der Waals surface area (Å²) in [5.41, 5.74) is 8.70. The summed E-state index contributed by atoms with van der Waals surface area (Å²) in [5.74, 6) is 0.0269. The normalized spacial score (nSPS) is 16.6. The second-order valence-electron chi connectivity index (χ2n) is 5.10. The molecule has 0 unspecified atom stereocenters. The number of hydrogen-bond acceptors (Lipinski definition) is 6. The first-order chi connectivity index (χ1) is 9.65. The maximum absolute atomic E-state index is 11.1. The minimum Gasteiger partial charge on any atom is -0.397 e. The van der Waals surface area contributed by atoms with Crippen molar-refractivity contribution in [3.63, 3.8) is 0 Å². The molecular weight excluding hydrogens is 258 g/mol. The topological polar surface area (TPSA) is 97.3 Å². The fourth-order valence-corrected chi connectivity index (χ4v) is 2.68. The Morgan fingerprint density at radius 3 is 2.75 bits per heavy atom. The van der Waals surface area contributed by atoms with Gasteiger partial charge in [0, 0.05) is 26.1 Å². The summed E-state index contributed by atoms with van der Waals surface area (Å²) >= 11 is 0. The molecule has 2 aromatic rings. The van der Waals surface area contributed by atoms with Gasteiger partial charge in [0.15, 0.2) is 11.0 Å². The summed E-state index contributed by atoms with van der Waals surface area (Å²) in [6, 6.07) is 4.02. The van der Waals surface area contributed by atoms with E-state index >= 15 is 0 Å². The molecule has 1 aliphatic heterocycles. The van der Waals surface area contributed by atoms with Crippen molar-refractivity contribution in [2.45, 2.75) is 25.8 Å². The van der Waals surface area contributed by atoms with Crippen LogP contribution in [0.25, 0.3) is 11.0 Å². The molecule has 2 heterocycles. The van der Waals surface area contributed by atoms with Gasteiger partial charge in [-0.1, -0.05) is 0 Å². The fraction of sp³-hybridized carbons (Fsp3) is 0.462. The zero-order valence-electron chi connectivity index (χ0n) is 11.3. The maximum Gasteiger partial charge on any atom is 0.217 e. The van der Waals surface area contributed by atoms with Crippen LogP contribution in [0.1, 0.15) is 19.8 Å². The average molecular weight is 275 g/mol. The number of benzene rings is 1. The molecule has 106 valence electrons. The zero-order valence-corrected chi connectivity index (χ0v) is 11.3. The van der Waals surface area contributed by atoms with Crippen molar-refractivity contribution in [3.8, 4) is 0 Å². The van der Waals surface area contributed by atoms with Crippen LogP contribution in [0.4, 0.5) is 11.4 Å². The average Bonchev–Trinajstić information content (AvgIpc) is 2.90. The highest BCUT2D eigenvalue weighted by Crippen LogP contribution is 2.30. The van der Waals surface area contributed by atoms with Crippen LogP contribution in [-0.2, 0) is 4.79 Å². The molecule has 1 aliphatic rings. The van der Waals surface area contributed by atoms with Gasteiger partial charge in [0.25, 0.3) is 0 Å². The predicted molar refractivity (Wildman–Crippen MR) is 75.3 cm³/mol. The van der Waals surface area contributed by atoms with Gasteiger partial charge in [0.2, 0.25) is 5.91 Å². The van der Waals surface area contributed by atoms with Crippen molar-refractivity contribution in [1.29, 1.82) is 0 Å². The van der Waals surface area contributed by atoms with E-state index in [4.69, 9.17) is 10.4 Å². The summed E-state index contributed by atoms with van der Waals surface area (Å²) in [7, 11) is 0. The SMILES string of the molecule is CC(=O)NC1CCN(c2ccc(N)c3nonc23)CC1. The van der Waals surface area contributed by atoms with E-state index in [1.54, 1.807) is 6.92 Å². The molecule has 1 amide bonds. The number of hydrogen-bond donors (Lipinski definition) is 2. The number of carbonyl (C=O) groups is 1. The first-order valence-corrected chi connectivity index (χ1v) is 6.68. The molecule has 20 heavy (non-hydrogen) atoms. The molecule has 7 nitrogen and oxygen atoms in total. The smallest absolute Gasteiger partial charge is 0.217 e. The number of anilines is 2. The number of nitrogens with one attached hydrogen (secondary N) is 1. The van der Waals surface area contributed by atoms with Crippen LogP contribution in [-0.4, -0.2) is 35.4 Å². The number of nitrogens with two attached hydrogens (primary N) is 1. The number of nitrogens with zero attached hydrogens (tertiary/aromatic N) is 3. The van der Waals surface area contributed by atoms with E-state index < -0.39 is 0 Å². The first kappa shape index (κ1) is 12.7. The number of amides is 1. The van der Waals surface area contributed by atoms with Crippen LogP contribution in [0.15, 0.2) is 16.8 Å². The lowest BCUT2D eigenvalue weighted by Crippen LogP contribution is -2.44. The Hall–Kier alpha value is -2.31. The van der Waals surface area contributed by atoms with Crippen LogP contribution in [0, 0.1) is 0 Å². The Morgan fingerprint density at radius 1 is 1.35 bits per heavy atom. The molecule has 1 fully saturated rings. The molecule has 3 rings (SSSR count). The highest BCUT2D eigenvalue weighted by atomic mass is 16.6. The highest BCUT2D eigenvalue weighted by molar-refractivity contribution is 5.95. The summed E-state index contributed by atoms with van der Waals surface area (Å²) in [4.78, 5) is 13.3. The van der Waals surface area contributed by atoms with Crippen LogP contribution in [0.3, 0.4) is 0 Å². The van der Waals surface area contributed by atoms with Crippen molar-refractivity contribution in [1.82, 2.24) is 15.6 Å². The van der Waals surface area contributed by atoms with Gasteiger partial charge in [-0.3, -0.25) is 4.79 Å². The lowest BCUT2D eigenvalue weighted by Gasteiger charge is -2.33. The number of piperidine rings is 1. The summed E-state index contributed by atoms with van der Waals surface area (Å²) in [5, 5.41) is 10.7. The van der Waals surface area contributed by atoms with E-state index in [1.807, 2.05) is 12.1 Å². The molecule has 0 bridgehead atoms. The predicted octanol–water partition coefficient (Wildman–Crippen LogP) is 0.910. The van der Waals surface area contributed by atoms with Crippen molar-refractivity contribution < 1.29 is 9.42 Å². The van der Waals surface area contributed by atoms with E-state index in [2.05, 4.69) is 20.5 Å². The standard InChI is InChI=1S/C13H17N5O2/c1-8(19)15-9-4-6-18(7-5-9)11-3-2-10(14)12-13(11)17-20-16-12/h2-3,9H,4-7,14H2,1H3,(H,15,19). The van der Waals surface area contributed by atoms with Gasteiger partial charge in [-0.15, -0.1) is 0 Å². The third kappa shape index (κ3) is 2.26. The first-order valence-electron chi connectivity index (χ1n) is 6.68. The Labute approximate surface area is 116 Å². The minimum atomic E-state index is 0.0269. The van der Waals surface area contributed by atoms with E-state index in [0.29, 0.717) is 16.7 Å². The Morgan fingerprint density at radius 2 is 2.05 bits per heavy atom. The summed E-state index contributed by atoms with van der Waals surface area (Å²) in [6.45, 7) is 3.27. The minimum absolute atomic E-state index is 0.0269. The lowest BCUT2D eigenvalue weighted by atomic mass is 10.0.